The monoisotopic (exact) mass is 274 g/mol. The lowest BCUT2D eigenvalue weighted by atomic mass is 9.98. The molecule has 102 valence electrons. The quantitative estimate of drug-likeness (QED) is 0.855. The first kappa shape index (κ1) is 13.5. The number of aliphatic hydroxyl groups is 1. The second kappa shape index (κ2) is 4.65. The fraction of sp³-hybridized carbons (Fsp3) is 0.250. The number of aliphatic hydroxyl groups excluding tert-OH is 1. The summed E-state index contributed by atoms with van der Waals surface area (Å²) in [4.78, 5) is 0. The number of hydrogen-bond acceptors (Lipinski definition) is 2. The average Bonchev–Trinajstić information content (AvgIpc) is 2.73. The topological polar surface area (TPSA) is 38.0 Å². The van der Waals surface area contributed by atoms with Gasteiger partial charge in [-0.25, -0.2) is 4.39 Å². The molecule has 0 radical (unpaired) electrons. The van der Waals surface area contributed by atoms with Gasteiger partial charge in [-0.05, 0) is 18.2 Å². The molecule has 2 rings (SSSR count). The molecule has 0 aliphatic heterocycles. The normalized spacial score (nSPS) is 13.6. The van der Waals surface area contributed by atoms with Crippen molar-refractivity contribution in [1.82, 2.24) is 9.78 Å². The molecule has 1 atom stereocenters. The van der Waals surface area contributed by atoms with E-state index in [0.29, 0.717) is 18.2 Å². The zero-order valence-electron chi connectivity index (χ0n) is 9.82. The molecule has 0 amide bonds. The van der Waals surface area contributed by atoms with E-state index in [1.54, 1.807) is 7.05 Å². The van der Waals surface area contributed by atoms with Crippen LogP contribution in [0.1, 0.15) is 22.8 Å². The van der Waals surface area contributed by atoms with E-state index in [1.807, 2.05) is 0 Å². The number of aryl methyl sites for hydroxylation is 1. The highest BCUT2D eigenvalue weighted by molar-refractivity contribution is 5.36. The predicted molar refractivity (Wildman–Crippen MR) is 58.7 cm³/mol. The highest BCUT2D eigenvalue weighted by Gasteiger charge is 2.35. The molecule has 0 aliphatic carbocycles. The van der Waals surface area contributed by atoms with Crippen LogP contribution in [0.4, 0.5) is 17.6 Å². The van der Waals surface area contributed by atoms with Crippen LogP contribution in [0, 0.1) is 5.82 Å². The summed E-state index contributed by atoms with van der Waals surface area (Å²) in [5, 5.41) is 13.7. The van der Waals surface area contributed by atoms with Crippen molar-refractivity contribution < 1.29 is 22.7 Å². The van der Waals surface area contributed by atoms with Crippen molar-refractivity contribution in [2.75, 3.05) is 0 Å². The average molecular weight is 274 g/mol. The lowest BCUT2D eigenvalue weighted by Crippen LogP contribution is -2.13. The first-order valence-corrected chi connectivity index (χ1v) is 5.32. The Labute approximate surface area is 106 Å². The standard InChI is InChI=1S/C12H10F4N2O/c1-18-6-7(5-17-18)11(19)9-4-8(13)2-3-10(9)12(14,15)16/h2-6,11,19H,1H3. The Morgan fingerprint density at radius 2 is 2.00 bits per heavy atom. The summed E-state index contributed by atoms with van der Waals surface area (Å²) in [6, 6.07) is 2.01. The highest BCUT2D eigenvalue weighted by atomic mass is 19.4. The van der Waals surface area contributed by atoms with Crippen LogP contribution in [0.25, 0.3) is 0 Å². The molecule has 0 bridgehead atoms. The van der Waals surface area contributed by atoms with Crippen molar-refractivity contribution in [3.05, 3.63) is 53.1 Å². The molecule has 0 saturated carbocycles. The first-order valence-electron chi connectivity index (χ1n) is 5.32. The predicted octanol–water partition coefficient (Wildman–Crippen LogP) is 2.66. The van der Waals surface area contributed by atoms with Gasteiger partial charge in [0, 0.05) is 24.4 Å². The van der Waals surface area contributed by atoms with Gasteiger partial charge in [-0.3, -0.25) is 4.68 Å². The number of benzene rings is 1. The van der Waals surface area contributed by atoms with Gasteiger partial charge in [0.1, 0.15) is 11.9 Å². The van der Waals surface area contributed by atoms with Gasteiger partial charge in [0.2, 0.25) is 0 Å². The zero-order valence-corrected chi connectivity index (χ0v) is 9.82. The van der Waals surface area contributed by atoms with Gasteiger partial charge in [0.25, 0.3) is 0 Å². The molecule has 1 unspecified atom stereocenters. The molecular formula is C12H10F4N2O. The summed E-state index contributed by atoms with van der Waals surface area (Å²) in [5.41, 5.74) is -1.43. The number of hydrogen-bond donors (Lipinski definition) is 1. The van der Waals surface area contributed by atoms with E-state index in [4.69, 9.17) is 0 Å². The summed E-state index contributed by atoms with van der Waals surface area (Å²) < 4.78 is 52.9. The maximum atomic E-state index is 13.1. The molecule has 1 aromatic carbocycles. The van der Waals surface area contributed by atoms with Crippen LogP contribution in [-0.2, 0) is 13.2 Å². The SMILES string of the molecule is Cn1cc(C(O)c2cc(F)ccc2C(F)(F)F)cn1. The van der Waals surface area contributed by atoms with Gasteiger partial charge in [0.15, 0.2) is 0 Å². The maximum absolute atomic E-state index is 13.1. The van der Waals surface area contributed by atoms with Crippen LogP contribution < -0.4 is 0 Å². The highest BCUT2D eigenvalue weighted by Crippen LogP contribution is 2.36. The zero-order chi connectivity index (χ0) is 14.2. The van der Waals surface area contributed by atoms with E-state index in [1.165, 1.54) is 17.1 Å². The fourth-order valence-electron chi connectivity index (χ4n) is 1.78. The molecule has 7 heteroatoms. The third kappa shape index (κ3) is 2.76. The van der Waals surface area contributed by atoms with Crippen molar-refractivity contribution in [2.24, 2.45) is 7.05 Å². The second-order valence-corrected chi connectivity index (χ2v) is 4.08. The van der Waals surface area contributed by atoms with E-state index < -0.39 is 29.2 Å². The summed E-state index contributed by atoms with van der Waals surface area (Å²) in [6.45, 7) is 0. The molecule has 19 heavy (non-hydrogen) atoms. The number of rotatable bonds is 2. The van der Waals surface area contributed by atoms with Gasteiger partial charge in [-0.15, -0.1) is 0 Å². The molecule has 0 spiro atoms. The minimum absolute atomic E-state index is 0.165. The smallest absolute Gasteiger partial charge is 0.384 e. The van der Waals surface area contributed by atoms with Crippen LogP contribution in [-0.4, -0.2) is 14.9 Å². The lowest BCUT2D eigenvalue weighted by Gasteiger charge is -2.16. The van der Waals surface area contributed by atoms with E-state index in [9.17, 15) is 22.7 Å². The number of aromatic nitrogens is 2. The minimum atomic E-state index is -4.66. The van der Waals surface area contributed by atoms with Crippen LogP contribution in [0.2, 0.25) is 0 Å². The molecule has 0 saturated heterocycles. The summed E-state index contributed by atoms with van der Waals surface area (Å²) in [5.74, 6) is -0.842. The van der Waals surface area contributed by atoms with E-state index >= 15 is 0 Å². The molecule has 0 aliphatic rings. The summed E-state index contributed by atoms with van der Waals surface area (Å²) in [6.07, 6.45) is -3.64. The van der Waals surface area contributed by atoms with Gasteiger partial charge in [-0.1, -0.05) is 0 Å². The third-order valence-corrected chi connectivity index (χ3v) is 2.65. The number of alkyl halides is 3. The molecule has 2 aromatic rings. The van der Waals surface area contributed by atoms with E-state index in [0.717, 1.165) is 0 Å². The molecular weight excluding hydrogens is 264 g/mol. The van der Waals surface area contributed by atoms with Gasteiger partial charge >= 0.3 is 6.18 Å². The molecule has 1 N–H and O–H groups in total. The summed E-state index contributed by atoms with van der Waals surface area (Å²) >= 11 is 0. The van der Waals surface area contributed by atoms with Crippen LogP contribution in [0.5, 0.6) is 0 Å². The van der Waals surface area contributed by atoms with Crippen molar-refractivity contribution in [3.8, 4) is 0 Å². The molecule has 0 fully saturated rings. The van der Waals surface area contributed by atoms with E-state index in [-0.39, 0.29) is 5.56 Å². The first-order chi connectivity index (χ1) is 8.79. The Balaban J connectivity index is 2.51. The van der Waals surface area contributed by atoms with Gasteiger partial charge in [-0.2, -0.15) is 18.3 Å². The third-order valence-electron chi connectivity index (χ3n) is 2.65. The van der Waals surface area contributed by atoms with Gasteiger partial charge in [0.05, 0.1) is 11.8 Å². The summed E-state index contributed by atoms with van der Waals surface area (Å²) in [7, 11) is 1.56. The largest absolute Gasteiger partial charge is 0.416 e. The molecule has 1 aromatic heterocycles. The Kier molecular flexibility index (Phi) is 3.32. The second-order valence-electron chi connectivity index (χ2n) is 4.08. The number of nitrogens with zero attached hydrogens (tertiary/aromatic N) is 2. The molecule has 3 nitrogen and oxygen atoms in total. The minimum Gasteiger partial charge on any atom is -0.384 e. The Morgan fingerprint density at radius 3 is 2.53 bits per heavy atom. The van der Waals surface area contributed by atoms with Crippen LogP contribution >= 0.6 is 0 Å². The van der Waals surface area contributed by atoms with Crippen molar-refractivity contribution >= 4 is 0 Å². The van der Waals surface area contributed by atoms with Crippen LogP contribution in [0.3, 0.4) is 0 Å². The van der Waals surface area contributed by atoms with Crippen molar-refractivity contribution in [1.29, 1.82) is 0 Å². The maximum Gasteiger partial charge on any atom is 0.416 e. The van der Waals surface area contributed by atoms with Gasteiger partial charge < -0.3 is 5.11 Å². The Morgan fingerprint density at radius 1 is 1.32 bits per heavy atom. The van der Waals surface area contributed by atoms with E-state index in [2.05, 4.69) is 5.10 Å². The van der Waals surface area contributed by atoms with Crippen molar-refractivity contribution in [3.63, 3.8) is 0 Å². The van der Waals surface area contributed by atoms with Crippen molar-refractivity contribution in [2.45, 2.75) is 12.3 Å². The number of halogens is 4. The molecule has 1 heterocycles. The van der Waals surface area contributed by atoms with Crippen LogP contribution in [0.15, 0.2) is 30.6 Å². The lowest BCUT2D eigenvalue weighted by molar-refractivity contribution is -0.139. The Hall–Kier alpha value is -1.89. The Bertz CT molecular complexity index is 592. The fourth-order valence-corrected chi connectivity index (χ4v) is 1.78.